The third-order valence-corrected chi connectivity index (χ3v) is 4.99. The molecule has 1 amide bonds. The van der Waals surface area contributed by atoms with E-state index in [4.69, 9.17) is 16.3 Å². The maximum absolute atomic E-state index is 12.8. The number of rotatable bonds is 5. The average molecular weight is 346 g/mol. The van der Waals surface area contributed by atoms with Gasteiger partial charge in [0.2, 0.25) is 0 Å². The Hall–Kier alpha value is -2.01. The molecule has 126 valence electrons. The van der Waals surface area contributed by atoms with Gasteiger partial charge in [-0.2, -0.15) is 0 Å². The minimum absolute atomic E-state index is 0.0757. The van der Waals surface area contributed by atoms with Gasteiger partial charge < -0.3 is 14.6 Å². The van der Waals surface area contributed by atoms with Crippen molar-refractivity contribution in [3.8, 4) is 5.75 Å². The zero-order valence-electron chi connectivity index (χ0n) is 13.4. The molecule has 1 fully saturated rings. The molecule has 6 heteroatoms. The first-order chi connectivity index (χ1) is 11.7. The van der Waals surface area contributed by atoms with Crippen molar-refractivity contribution in [2.45, 2.75) is 38.3 Å². The zero-order chi connectivity index (χ0) is 16.5. The Morgan fingerprint density at radius 3 is 3.08 bits per heavy atom. The number of hydrogen-bond donors (Lipinski definition) is 1. The van der Waals surface area contributed by atoms with Crippen molar-refractivity contribution >= 4 is 17.5 Å². The number of nitrogens with one attached hydrogen (secondary N) is 1. The first-order valence-electron chi connectivity index (χ1n) is 8.42. The lowest BCUT2D eigenvalue weighted by atomic mass is 10.0. The topological polar surface area (TPSA) is 56.2 Å². The highest BCUT2D eigenvalue weighted by atomic mass is 35.5. The van der Waals surface area contributed by atoms with E-state index in [9.17, 15) is 4.79 Å². The number of carbonyl (C=O) groups is 1. The van der Waals surface area contributed by atoms with Crippen molar-refractivity contribution in [3.05, 3.63) is 47.0 Å². The van der Waals surface area contributed by atoms with Gasteiger partial charge >= 0.3 is 0 Å². The molecule has 1 aromatic heterocycles. The number of nitrogens with zero attached hydrogens (tertiary/aromatic N) is 2. The summed E-state index contributed by atoms with van der Waals surface area (Å²) in [6.07, 6.45) is 7.93. The fraction of sp³-hybridized carbons (Fsp3) is 0.444. The number of benzene rings is 1. The van der Waals surface area contributed by atoms with Gasteiger partial charge in [-0.05, 0) is 43.7 Å². The predicted octanol–water partition coefficient (Wildman–Crippen LogP) is 3.07. The molecule has 5 nitrogen and oxygen atoms in total. The fourth-order valence-electron chi connectivity index (χ4n) is 3.08. The lowest BCUT2D eigenvalue weighted by molar-refractivity contribution is 0.0923. The minimum atomic E-state index is -0.167. The van der Waals surface area contributed by atoms with Crippen molar-refractivity contribution in [2.24, 2.45) is 5.92 Å². The number of hydrogen-bond acceptors (Lipinski definition) is 3. The Morgan fingerprint density at radius 1 is 1.38 bits per heavy atom. The number of halogens is 1. The molecule has 0 bridgehead atoms. The summed E-state index contributed by atoms with van der Waals surface area (Å²) in [5.41, 5.74) is 1.66. The molecule has 1 aromatic carbocycles. The molecule has 1 aliphatic carbocycles. The van der Waals surface area contributed by atoms with Gasteiger partial charge in [-0.1, -0.05) is 17.7 Å². The Bertz CT molecular complexity index is 754. The number of ether oxygens (including phenoxy) is 1. The first-order valence-corrected chi connectivity index (χ1v) is 8.79. The van der Waals surface area contributed by atoms with Crippen LogP contribution in [0.2, 0.25) is 5.02 Å². The molecule has 0 saturated heterocycles. The summed E-state index contributed by atoms with van der Waals surface area (Å²) in [6, 6.07) is 5.44. The largest absolute Gasteiger partial charge is 0.492 e. The summed E-state index contributed by atoms with van der Waals surface area (Å²) in [6.45, 7) is 1.40. The van der Waals surface area contributed by atoms with Gasteiger partial charge in [0.1, 0.15) is 5.75 Å². The maximum atomic E-state index is 12.8. The number of fused-ring (bicyclic) bond motifs is 1. The van der Waals surface area contributed by atoms with Gasteiger partial charge in [0.15, 0.2) is 0 Å². The van der Waals surface area contributed by atoms with E-state index in [2.05, 4.69) is 14.9 Å². The van der Waals surface area contributed by atoms with Gasteiger partial charge in [0.25, 0.3) is 5.91 Å². The van der Waals surface area contributed by atoms with Crippen LogP contribution in [0.25, 0.3) is 0 Å². The SMILES string of the molecule is O=C(NC1CCc2cncn2C1)c1c(Cl)cccc1OCC1CC1. The number of amides is 1. The van der Waals surface area contributed by atoms with E-state index in [0.717, 1.165) is 19.4 Å². The average Bonchev–Trinajstić information content (AvgIpc) is 3.28. The van der Waals surface area contributed by atoms with Crippen LogP contribution in [0.3, 0.4) is 0 Å². The maximum Gasteiger partial charge on any atom is 0.256 e. The number of carbonyl (C=O) groups excluding carboxylic acids is 1. The summed E-state index contributed by atoms with van der Waals surface area (Å²) >= 11 is 6.28. The van der Waals surface area contributed by atoms with Crippen molar-refractivity contribution in [1.82, 2.24) is 14.9 Å². The lowest BCUT2D eigenvalue weighted by Gasteiger charge is -2.25. The summed E-state index contributed by atoms with van der Waals surface area (Å²) < 4.78 is 7.92. The number of imidazole rings is 1. The van der Waals surface area contributed by atoms with Crippen LogP contribution in [0.5, 0.6) is 5.75 Å². The molecule has 1 N–H and O–H groups in total. The molecule has 0 spiro atoms. The van der Waals surface area contributed by atoms with E-state index in [1.807, 2.05) is 24.7 Å². The van der Waals surface area contributed by atoms with Gasteiger partial charge in [-0.15, -0.1) is 0 Å². The van der Waals surface area contributed by atoms with Gasteiger partial charge in [-0.25, -0.2) is 4.98 Å². The van der Waals surface area contributed by atoms with Crippen molar-refractivity contribution in [2.75, 3.05) is 6.61 Å². The molecule has 1 aliphatic heterocycles. The van der Waals surface area contributed by atoms with E-state index >= 15 is 0 Å². The molecule has 2 aliphatic rings. The van der Waals surface area contributed by atoms with Crippen molar-refractivity contribution in [1.29, 1.82) is 0 Å². The normalized spacial score (nSPS) is 19.6. The second kappa shape index (κ2) is 6.48. The Morgan fingerprint density at radius 2 is 2.25 bits per heavy atom. The van der Waals surface area contributed by atoms with E-state index in [-0.39, 0.29) is 11.9 Å². The second-order valence-corrected chi connectivity index (χ2v) is 7.02. The van der Waals surface area contributed by atoms with Crippen molar-refractivity contribution < 1.29 is 9.53 Å². The van der Waals surface area contributed by atoms with Crippen molar-refractivity contribution in [3.63, 3.8) is 0 Å². The standard InChI is InChI=1S/C18H20ClN3O2/c19-15-2-1-3-16(24-10-12-4-5-12)17(15)18(23)21-13-6-7-14-8-20-11-22(14)9-13/h1-3,8,11-13H,4-7,9-10H2,(H,21,23). The first kappa shape index (κ1) is 15.5. The molecular formula is C18H20ClN3O2. The van der Waals surface area contributed by atoms with Gasteiger partial charge in [-0.3, -0.25) is 4.79 Å². The van der Waals surface area contributed by atoms with E-state index in [1.165, 1.54) is 18.5 Å². The lowest BCUT2D eigenvalue weighted by Crippen LogP contribution is -2.41. The highest BCUT2D eigenvalue weighted by molar-refractivity contribution is 6.34. The summed E-state index contributed by atoms with van der Waals surface area (Å²) in [5.74, 6) is 1.03. The Balaban J connectivity index is 1.47. The van der Waals surface area contributed by atoms with Crippen LogP contribution in [0.15, 0.2) is 30.7 Å². The molecule has 2 heterocycles. The Labute approximate surface area is 146 Å². The molecule has 0 radical (unpaired) electrons. The molecule has 1 atom stereocenters. The van der Waals surface area contributed by atoms with Crippen LogP contribution in [-0.2, 0) is 13.0 Å². The van der Waals surface area contributed by atoms with Gasteiger partial charge in [0, 0.05) is 24.5 Å². The summed E-state index contributed by atoms with van der Waals surface area (Å²) in [7, 11) is 0. The fourth-order valence-corrected chi connectivity index (χ4v) is 3.34. The molecule has 2 aromatic rings. The third-order valence-electron chi connectivity index (χ3n) is 4.67. The van der Waals surface area contributed by atoms with E-state index in [0.29, 0.717) is 28.9 Å². The summed E-state index contributed by atoms with van der Waals surface area (Å²) in [4.78, 5) is 16.9. The molecule has 1 unspecified atom stereocenters. The minimum Gasteiger partial charge on any atom is -0.492 e. The molecule has 1 saturated carbocycles. The number of aromatic nitrogens is 2. The third kappa shape index (κ3) is 3.26. The summed E-state index contributed by atoms with van der Waals surface area (Å²) in [5, 5.41) is 3.53. The van der Waals surface area contributed by atoms with E-state index < -0.39 is 0 Å². The van der Waals surface area contributed by atoms with Crippen LogP contribution >= 0.6 is 11.6 Å². The highest BCUT2D eigenvalue weighted by Crippen LogP contribution is 2.32. The smallest absolute Gasteiger partial charge is 0.256 e. The van der Waals surface area contributed by atoms with Crippen LogP contribution in [0.4, 0.5) is 0 Å². The van der Waals surface area contributed by atoms with E-state index in [1.54, 1.807) is 6.07 Å². The second-order valence-electron chi connectivity index (χ2n) is 6.61. The van der Waals surface area contributed by atoms with Crippen LogP contribution in [-0.4, -0.2) is 28.1 Å². The molecule has 24 heavy (non-hydrogen) atoms. The molecule has 4 rings (SSSR count). The number of aryl methyl sites for hydroxylation is 1. The zero-order valence-corrected chi connectivity index (χ0v) is 14.1. The highest BCUT2D eigenvalue weighted by Gasteiger charge is 2.26. The Kier molecular flexibility index (Phi) is 4.19. The molecular weight excluding hydrogens is 326 g/mol. The van der Waals surface area contributed by atoms with Gasteiger partial charge in [0.05, 0.1) is 23.5 Å². The predicted molar refractivity (Wildman–Crippen MR) is 91.5 cm³/mol. The monoisotopic (exact) mass is 345 g/mol. The quantitative estimate of drug-likeness (QED) is 0.906. The van der Waals surface area contributed by atoms with Crippen LogP contribution in [0, 0.1) is 5.92 Å². The van der Waals surface area contributed by atoms with Crippen LogP contribution < -0.4 is 10.1 Å². The van der Waals surface area contributed by atoms with Crippen LogP contribution in [0.1, 0.15) is 35.3 Å².